The zero-order valence-electron chi connectivity index (χ0n) is 11.4. The highest BCUT2D eigenvalue weighted by atomic mass is 14.5. The highest BCUT2D eigenvalue weighted by Gasteiger charge is 2.48. The predicted octanol–water partition coefficient (Wildman–Crippen LogP) is 5.03. The Hall–Kier alpha value is 0. The second-order valence-electron chi connectivity index (χ2n) is 8.25. The van der Waals surface area contributed by atoms with Crippen LogP contribution < -0.4 is 0 Å². The molecule has 4 fully saturated rings. The highest BCUT2D eigenvalue weighted by Crippen LogP contribution is 2.60. The van der Waals surface area contributed by atoms with Crippen molar-refractivity contribution in [1.29, 1.82) is 0 Å². The van der Waals surface area contributed by atoms with Gasteiger partial charge in [-0.1, -0.05) is 20.8 Å². The van der Waals surface area contributed by atoms with Crippen molar-refractivity contribution in [3.63, 3.8) is 0 Å². The molecule has 0 radical (unpaired) electrons. The molecule has 0 aromatic heterocycles. The van der Waals surface area contributed by atoms with Gasteiger partial charge in [0.1, 0.15) is 0 Å². The first kappa shape index (κ1) is 11.1. The van der Waals surface area contributed by atoms with Crippen LogP contribution in [0.5, 0.6) is 0 Å². The summed E-state index contributed by atoms with van der Waals surface area (Å²) in [5.74, 6) is 3.28. The molecule has 4 aliphatic rings. The lowest BCUT2D eigenvalue weighted by atomic mass is 9.50. The summed E-state index contributed by atoms with van der Waals surface area (Å²) in [4.78, 5) is 0. The highest BCUT2D eigenvalue weighted by molar-refractivity contribution is 4.99. The van der Waals surface area contributed by atoms with Crippen LogP contribution in [0, 0.1) is 28.6 Å². The van der Waals surface area contributed by atoms with E-state index in [4.69, 9.17) is 0 Å². The molecule has 2 bridgehead atoms. The first-order chi connectivity index (χ1) is 7.47. The van der Waals surface area contributed by atoms with Gasteiger partial charge in [0, 0.05) is 0 Å². The van der Waals surface area contributed by atoms with Crippen molar-refractivity contribution in [3.05, 3.63) is 0 Å². The Labute approximate surface area is 101 Å². The van der Waals surface area contributed by atoms with Crippen molar-refractivity contribution in [2.45, 2.75) is 72.1 Å². The number of hydrogen-bond acceptors (Lipinski definition) is 0. The van der Waals surface area contributed by atoms with Crippen molar-refractivity contribution in [1.82, 2.24) is 0 Å². The second-order valence-corrected chi connectivity index (χ2v) is 8.25. The Morgan fingerprint density at radius 3 is 1.81 bits per heavy atom. The van der Waals surface area contributed by atoms with Crippen molar-refractivity contribution >= 4 is 0 Å². The maximum absolute atomic E-state index is 2.44. The van der Waals surface area contributed by atoms with Gasteiger partial charge in [-0.05, 0) is 80.0 Å². The molecule has 0 aromatic carbocycles. The normalized spacial score (nSPS) is 47.8. The molecule has 0 unspecified atom stereocenters. The quantitative estimate of drug-likeness (QED) is 0.537. The molecule has 0 N–H and O–H groups in total. The molecule has 0 saturated heterocycles. The molecule has 4 aliphatic carbocycles. The van der Waals surface area contributed by atoms with Gasteiger partial charge in [-0.3, -0.25) is 0 Å². The summed E-state index contributed by atoms with van der Waals surface area (Å²) in [6.07, 6.45) is 12.5. The molecular formula is C16H28. The third kappa shape index (κ3) is 1.83. The fourth-order valence-electron chi connectivity index (χ4n) is 5.02. The second kappa shape index (κ2) is 3.50. The Morgan fingerprint density at radius 2 is 1.38 bits per heavy atom. The molecule has 0 heteroatoms. The fourth-order valence-corrected chi connectivity index (χ4v) is 5.02. The van der Waals surface area contributed by atoms with E-state index in [0.29, 0.717) is 5.41 Å². The zero-order chi connectivity index (χ0) is 11.4. The molecule has 4 rings (SSSR count). The summed E-state index contributed by atoms with van der Waals surface area (Å²) in [7, 11) is 0. The SMILES string of the molecule is CC(C)(C)C1CCC2(CC1)CC1CC(C1)C2. The summed E-state index contributed by atoms with van der Waals surface area (Å²) in [6, 6.07) is 0. The van der Waals surface area contributed by atoms with Crippen molar-refractivity contribution in [2.75, 3.05) is 0 Å². The molecule has 0 heterocycles. The summed E-state index contributed by atoms with van der Waals surface area (Å²) < 4.78 is 0. The van der Waals surface area contributed by atoms with E-state index in [-0.39, 0.29) is 0 Å². The van der Waals surface area contributed by atoms with E-state index in [0.717, 1.165) is 23.2 Å². The zero-order valence-corrected chi connectivity index (χ0v) is 11.4. The van der Waals surface area contributed by atoms with Gasteiger partial charge in [0.05, 0.1) is 0 Å². The van der Waals surface area contributed by atoms with Crippen LogP contribution >= 0.6 is 0 Å². The minimum atomic E-state index is 0.555. The van der Waals surface area contributed by atoms with E-state index in [1.807, 2.05) is 0 Å². The molecule has 1 spiro atoms. The molecule has 0 aliphatic heterocycles. The first-order valence-corrected chi connectivity index (χ1v) is 7.47. The van der Waals surface area contributed by atoms with Gasteiger partial charge in [-0.25, -0.2) is 0 Å². The van der Waals surface area contributed by atoms with Gasteiger partial charge in [-0.15, -0.1) is 0 Å². The van der Waals surface area contributed by atoms with Gasteiger partial charge in [0.15, 0.2) is 0 Å². The topological polar surface area (TPSA) is 0 Å². The average molecular weight is 220 g/mol. The van der Waals surface area contributed by atoms with E-state index >= 15 is 0 Å². The summed E-state index contributed by atoms with van der Waals surface area (Å²) >= 11 is 0. The van der Waals surface area contributed by atoms with Crippen molar-refractivity contribution in [2.24, 2.45) is 28.6 Å². The van der Waals surface area contributed by atoms with Crippen LogP contribution in [0.15, 0.2) is 0 Å². The van der Waals surface area contributed by atoms with Crippen molar-refractivity contribution < 1.29 is 0 Å². The minimum absolute atomic E-state index is 0.555. The maximum atomic E-state index is 2.44. The van der Waals surface area contributed by atoms with Crippen LogP contribution in [-0.4, -0.2) is 0 Å². The van der Waals surface area contributed by atoms with E-state index in [1.165, 1.54) is 12.8 Å². The lowest BCUT2D eigenvalue weighted by Crippen LogP contribution is -2.44. The largest absolute Gasteiger partial charge is 0.0599 e. The predicted molar refractivity (Wildman–Crippen MR) is 69.3 cm³/mol. The van der Waals surface area contributed by atoms with Crippen LogP contribution in [0.1, 0.15) is 72.1 Å². The Bertz CT molecular complexity index is 244. The Kier molecular flexibility index (Phi) is 2.43. The lowest BCUT2D eigenvalue weighted by molar-refractivity contribution is -0.0437. The Balaban J connectivity index is 1.62. The number of hydrogen-bond donors (Lipinski definition) is 0. The smallest absolute Gasteiger partial charge is 0.0292 e. The fraction of sp³-hybridized carbons (Fsp3) is 1.00. The molecule has 4 saturated carbocycles. The minimum Gasteiger partial charge on any atom is -0.0599 e. The molecule has 0 aromatic rings. The molecule has 0 amide bonds. The average Bonchev–Trinajstić information content (AvgIpc) is 2.15. The van der Waals surface area contributed by atoms with E-state index < -0.39 is 0 Å². The van der Waals surface area contributed by atoms with Crippen LogP contribution in [-0.2, 0) is 0 Å². The third-order valence-electron chi connectivity index (χ3n) is 6.05. The van der Waals surface area contributed by atoms with Gasteiger partial charge >= 0.3 is 0 Å². The molecular weight excluding hydrogens is 192 g/mol. The third-order valence-corrected chi connectivity index (χ3v) is 6.05. The summed E-state index contributed by atoms with van der Waals surface area (Å²) in [5, 5.41) is 0. The van der Waals surface area contributed by atoms with Gasteiger partial charge in [-0.2, -0.15) is 0 Å². The Morgan fingerprint density at radius 1 is 0.875 bits per heavy atom. The molecule has 92 valence electrons. The van der Waals surface area contributed by atoms with Crippen LogP contribution in [0.2, 0.25) is 0 Å². The molecule has 16 heavy (non-hydrogen) atoms. The lowest BCUT2D eigenvalue weighted by Gasteiger charge is -2.55. The standard InChI is InChI=1S/C16H28/c1-15(2,3)14-4-6-16(7-5-14)10-12-8-13(9-12)11-16/h12-14H,4-11H2,1-3H3. The van der Waals surface area contributed by atoms with E-state index in [2.05, 4.69) is 20.8 Å². The van der Waals surface area contributed by atoms with Crippen LogP contribution in [0.25, 0.3) is 0 Å². The van der Waals surface area contributed by atoms with Crippen LogP contribution in [0.4, 0.5) is 0 Å². The van der Waals surface area contributed by atoms with Gasteiger partial charge in [0.2, 0.25) is 0 Å². The molecule has 0 atom stereocenters. The van der Waals surface area contributed by atoms with E-state index in [1.54, 1.807) is 38.5 Å². The summed E-state index contributed by atoms with van der Waals surface area (Å²) in [6.45, 7) is 7.32. The van der Waals surface area contributed by atoms with Crippen LogP contribution in [0.3, 0.4) is 0 Å². The van der Waals surface area contributed by atoms with E-state index in [9.17, 15) is 0 Å². The maximum Gasteiger partial charge on any atom is -0.0292 e. The molecule has 0 nitrogen and oxygen atoms in total. The summed E-state index contributed by atoms with van der Waals surface area (Å²) in [5.41, 5.74) is 1.38. The van der Waals surface area contributed by atoms with Crippen molar-refractivity contribution in [3.8, 4) is 0 Å². The first-order valence-electron chi connectivity index (χ1n) is 7.47. The van der Waals surface area contributed by atoms with Gasteiger partial charge < -0.3 is 0 Å². The van der Waals surface area contributed by atoms with Gasteiger partial charge in [0.25, 0.3) is 0 Å². The number of rotatable bonds is 0. The monoisotopic (exact) mass is 220 g/mol.